The Morgan fingerprint density at radius 3 is 1.96 bits per heavy atom. The van der Waals surface area contributed by atoms with Gasteiger partial charge in [-0.2, -0.15) is 0 Å². The van der Waals surface area contributed by atoms with Gasteiger partial charge < -0.3 is 4.74 Å². The zero-order valence-electron chi connectivity index (χ0n) is 16.3. The number of carbonyl (C=O) groups excluding carboxylic acids is 1. The van der Waals surface area contributed by atoms with Gasteiger partial charge in [0.1, 0.15) is 6.61 Å². The van der Waals surface area contributed by atoms with E-state index in [0.29, 0.717) is 6.42 Å². The molecule has 0 bridgehead atoms. The normalized spacial score (nSPS) is 12.3. The van der Waals surface area contributed by atoms with Gasteiger partial charge in [0.2, 0.25) is 0 Å². The van der Waals surface area contributed by atoms with Gasteiger partial charge in [-0.25, -0.2) is 0 Å². The summed E-state index contributed by atoms with van der Waals surface area (Å²) in [5.74, 6) is -0.222. The molecule has 0 aromatic carbocycles. The Labute approximate surface area is 163 Å². The quantitative estimate of drug-likeness (QED) is 0.306. The van der Waals surface area contributed by atoms with E-state index in [1.165, 1.54) is 0 Å². The monoisotopic (exact) mass is 365 g/mol. The number of pyridine rings is 1. The fraction of sp³-hybridized carbons (Fsp3) is 0.333. The van der Waals surface area contributed by atoms with Crippen molar-refractivity contribution in [2.45, 2.75) is 52.1 Å². The molecule has 27 heavy (non-hydrogen) atoms. The van der Waals surface area contributed by atoms with Gasteiger partial charge in [0, 0.05) is 18.0 Å². The van der Waals surface area contributed by atoms with Crippen molar-refractivity contribution in [1.29, 1.82) is 0 Å². The lowest BCUT2D eigenvalue weighted by atomic mass is 10.2. The van der Waals surface area contributed by atoms with Crippen LogP contribution in [-0.2, 0) is 16.1 Å². The standard InChI is InChI=1S/C24H31NO2/c1-2-3-4-5-6-7-8-9-10-11-12-13-14-15-16-19-24(26)27-22-23-18-17-20-25-21-23/h3-4,6-7,9-10,12-13,15-18,20-21H,2,5,8,11,14,19,22H2,1H3/b4-3-,7-6-,10-9-,13-12-,16-15-. The summed E-state index contributed by atoms with van der Waals surface area (Å²) < 4.78 is 5.18. The van der Waals surface area contributed by atoms with Gasteiger partial charge in [0.25, 0.3) is 0 Å². The highest BCUT2D eigenvalue weighted by atomic mass is 16.5. The van der Waals surface area contributed by atoms with E-state index in [1.807, 2.05) is 24.3 Å². The van der Waals surface area contributed by atoms with Crippen molar-refractivity contribution in [3.05, 3.63) is 90.9 Å². The van der Waals surface area contributed by atoms with Crippen LogP contribution in [0.25, 0.3) is 0 Å². The number of rotatable bonds is 13. The van der Waals surface area contributed by atoms with E-state index in [4.69, 9.17) is 4.74 Å². The zero-order valence-corrected chi connectivity index (χ0v) is 16.3. The highest BCUT2D eigenvalue weighted by Crippen LogP contribution is 2.01. The zero-order chi connectivity index (χ0) is 19.4. The highest BCUT2D eigenvalue weighted by molar-refractivity contribution is 5.71. The Balaban J connectivity index is 2.01. The average Bonchev–Trinajstić information content (AvgIpc) is 2.70. The second-order valence-electron chi connectivity index (χ2n) is 5.93. The number of aromatic nitrogens is 1. The topological polar surface area (TPSA) is 39.2 Å². The third kappa shape index (κ3) is 14.2. The van der Waals surface area contributed by atoms with Crippen LogP contribution in [0.2, 0.25) is 0 Å². The van der Waals surface area contributed by atoms with Gasteiger partial charge in [-0.05, 0) is 38.2 Å². The van der Waals surface area contributed by atoms with Crippen LogP contribution in [0.3, 0.4) is 0 Å². The van der Waals surface area contributed by atoms with Crippen LogP contribution in [0.4, 0.5) is 0 Å². The van der Waals surface area contributed by atoms with Gasteiger partial charge in [0.15, 0.2) is 0 Å². The molecule has 0 saturated carbocycles. The maximum absolute atomic E-state index is 11.6. The molecule has 0 fully saturated rings. The average molecular weight is 366 g/mol. The molecule has 3 nitrogen and oxygen atoms in total. The first-order valence-corrected chi connectivity index (χ1v) is 9.62. The van der Waals surface area contributed by atoms with Crippen LogP contribution < -0.4 is 0 Å². The molecule has 0 aliphatic heterocycles. The molecule has 0 unspecified atom stereocenters. The third-order valence-corrected chi connectivity index (χ3v) is 3.56. The molecule has 0 spiro atoms. The van der Waals surface area contributed by atoms with Crippen LogP contribution in [0, 0.1) is 0 Å². The number of ether oxygens (including phenoxy) is 1. The molecule has 3 heteroatoms. The predicted molar refractivity (Wildman–Crippen MR) is 113 cm³/mol. The molecule has 0 N–H and O–H groups in total. The molecule has 144 valence electrons. The molecule has 0 radical (unpaired) electrons. The molecular formula is C24H31NO2. The Bertz CT molecular complexity index is 640. The van der Waals surface area contributed by atoms with Crippen molar-refractivity contribution < 1.29 is 9.53 Å². The number of esters is 1. The van der Waals surface area contributed by atoms with E-state index >= 15 is 0 Å². The van der Waals surface area contributed by atoms with Crippen molar-refractivity contribution >= 4 is 5.97 Å². The van der Waals surface area contributed by atoms with Crippen molar-refractivity contribution in [1.82, 2.24) is 4.98 Å². The van der Waals surface area contributed by atoms with Crippen LogP contribution in [0.1, 0.15) is 51.0 Å². The largest absolute Gasteiger partial charge is 0.461 e. The number of allylic oxidation sites excluding steroid dienone is 9. The van der Waals surface area contributed by atoms with Crippen LogP contribution in [-0.4, -0.2) is 11.0 Å². The molecule has 1 heterocycles. The molecule has 0 atom stereocenters. The summed E-state index contributed by atoms with van der Waals surface area (Å²) in [6.45, 7) is 2.42. The molecule has 0 saturated heterocycles. The van der Waals surface area contributed by atoms with Crippen molar-refractivity contribution in [2.24, 2.45) is 0 Å². The summed E-state index contributed by atoms with van der Waals surface area (Å²) in [4.78, 5) is 15.6. The maximum atomic E-state index is 11.6. The molecule has 1 aromatic rings. The number of carbonyl (C=O) groups is 1. The van der Waals surface area contributed by atoms with Crippen molar-refractivity contribution in [2.75, 3.05) is 0 Å². The second-order valence-corrected chi connectivity index (χ2v) is 5.93. The third-order valence-electron chi connectivity index (χ3n) is 3.56. The minimum atomic E-state index is -0.222. The summed E-state index contributed by atoms with van der Waals surface area (Å²) in [5.41, 5.74) is 0.898. The lowest BCUT2D eigenvalue weighted by Crippen LogP contribution is -2.02. The first-order valence-electron chi connectivity index (χ1n) is 9.62. The van der Waals surface area contributed by atoms with E-state index in [1.54, 1.807) is 12.4 Å². The van der Waals surface area contributed by atoms with E-state index in [0.717, 1.165) is 37.7 Å². The minimum Gasteiger partial charge on any atom is -0.461 e. The van der Waals surface area contributed by atoms with Gasteiger partial charge >= 0.3 is 5.97 Å². The maximum Gasteiger partial charge on any atom is 0.309 e. The lowest BCUT2D eigenvalue weighted by Gasteiger charge is -2.02. The Morgan fingerprint density at radius 1 is 0.889 bits per heavy atom. The highest BCUT2D eigenvalue weighted by Gasteiger charge is 2.00. The van der Waals surface area contributed by atoms with Crippen LogP contribution in [0.5, 0.6) is 0 Å². The Kier molecular flexibility index (Phi) is 13.9. The predicted octanol–water partition coefficient (Wildman–Crippen LogP) is 6.27. The van der Waals surface area contributed by atoms with E-state index in [2.05, 4.69) is 60.5 Å². The summed E-state index contributed by atoms with van der Waals surface area (Å²) in [7, 11) is 0. The summed E-state index contributed by atoms with van der Waals surface area (Å²) in [6, 6.07) is 3.71. The smallest absolute Gasteiger partial charge is 0.309 e. The fourth-order valence-corrected chi connectivity index (χ4v) is 2.14. The SMILES string of the molecule is CC/C=C\C/C=C\C/C=C\C/C=C\C/C=C\CC(=O)OCc1cccnc1. The minimum absolute atomic E-state index is 0.222. The molecule has 0 aliphatic carbocycles. The Morgan fingerprint density at radius 2 is 1.44 bits per heavy atom. The van der Waals surface area contributed by atoms with E-state index in [-0.39, 0.29) is 12.6 Å². The number of hydrogen-bond donors (Lipinski definition) is 0. The fourth-order valence-electron chi connectivity index (χ4n) is 2.14. The summed E-state index contributed by atoms with van der Waals surface area (Å²) in [6.07, 6.45) is 29.7. The molecule has 0 aliphatic rings. The second kappa shape index (κ2) is 16.8. The first-order chi connectivity index (χ1) is 13.3. The molecule has 0 amide bonds. The molecular weight excluding hydrogens is 334 g/mol. The Hall–Kier alpha value is -2.68. The van der Waals surface area contributed by atoms with Gasteiger partial charge in [-0.1, -0.05) is 73.8 Å². The van der Waals surface area contributed by atoms with Crippen LogP contribution in [0.15, 0.2) is 85.3 Å². The summed E-state index contributed by atoms with van der Waals surface area (Å²) in [5, 5.41) is 0. The molecule has 1 aromatic heterocycles. The van der Waals surface area contributed by atoms with Crippen molar-refractivity contribution in [3.8, 4) is 0 Å². The van der Waals surface area contributed by atoms with E-state index in [9.17, 15) is 4.79 Å². The van der Waals surface area contributed by atoms with E-state index < -0.39 is 0 Å². The number of nitrogens with zero attached hydrogens (tertiary/aromatic N) is 1. The van der Waals surface area contributed by atoms with Crippen molar-refractivity contribution in [3.63, 3.8) is 0 Å². The van der Waals surface area contributed by atoms with Gasteiger partial charge in [-0.15, -0.1) is 0 Å². The lowest BCUT2D eigenvalue weighted by molar-refractivity contribution is -0.143. The van der Waals surface area contributed by atoms with Crippen LogP contribution >= 0.6 is 0 Å². The first kappa shape index (κ1) is 22.4. The number of hydrogen-bond acceptors (Lipinski definition) is 3. The van der Waals surface area contributed by atoms with Gasteiger partial charge in [0.05, 0.1) is 6.42 Å². The summed E-state index contributed by atoms with van der Waals surface area (Å²) >= 11 is 0. The van der Waals surface area contributed by atoms with Gasteiger partial charge in [-0.3, -0.25) is 9.78 Å². The molecule has 1 rings (SSSR count).